The van der Waals surface area contributed by atoms with E-state index in [1.54, 1.807) is 0 Å². The molecule has 0 spiro atoms. The van der Waals surface area contributed by atoms with Crippen LogP contribution in [0.3, 0.4) is 0 Å². The summed E-state index contributed by atoms with van der Waals surface area (Å²) in [5.41, 5.74) is -0.536. The molecular formula is C2H7BO5S2. The van der Waals surface area contributed by atoms with Crippen LogP contribution in [0.2, 0.25) is 0 Å². The largest absolute Gasteiger partial charge is 0.324 e. The SMILES string of the molecule is CS(=O)(=O)CBS(=O)(=O)O. The van der Waals surface area contributed by atoms with E-state index in [1.807, 2.05) is 0 Å². The van der Waals surface area contributed by atoms with Crippen molar-refractivity contribution in [3.63, 3.8) is 0 Å². The molecule has 5 nitrogen and oxygen atoms in total. The molecule has 0 amide bonds. The molecule has 0 heterocycles. The Kier molecular flexibility index (Phi) is 2.87. The first-order valence-corrected chi connectivity index (χ1v) is 6.00. The Hall–Kier alpha value is -0.0751. The predicted octanol–water partition coefficient (Wildman–Crippen LogP) is -1.77. The quantitative estimate of drug-likeness (QED) is 0.416. The van der Waals surface area contributed by atoms with E-state index in [9.17, 15) is 16.8 Å². The first kappa shape index (κ1) is 9.92. The molecule has 0 rings (SSSR count). The Labute approximate surface area is 60.2 Å². The van der Waals surface area contributed by atoms with Gasteiger partial charge >= 0.3 is 6.56 Å². The van der Waals surface area contributed by atoms with Gasteiger partial charge in [0.05, 0.1) is 0 Å². The molecule has 60 valence electrons. The Morgan fingerprint density at radius 2 is 1.70 bits per heavy atom. The highest BCUT2D eigenvalue weighted by Gasteiger charge is 2.13. The van der Waals surface area contributed by atoms with Crippen molar-refractivity contribution in [2.75, 3.05) is 11.9 Å². The van der Waals surface area contributed by atoms with Crippen molar-refractivity contribution in [3.05, 3.63) is 0 Å². The average Bonchev–Trinajstić information content (AvgIpc) is 1.57. The summed E-state index contributed by atoms with van der Waals surface area (Å²) in [6, 6.07) is 0. The van der Waals surface area contributed by atoms with Crippen LogP contribution in [0, 0.1) is 0 Å². The number of sulfone groups is 1. The van der Waals surface area contributed by atoms with Crippen LogP contribution < -0.4 is 0 Å². The summed E-state index contributed by atoms with van der Waals surface area (Å²) in [6.45, 7) is -0.730. The molecule has 10 heavy (non-hydrogen) atoms. The second-order valence-corrected chi connectivity index (χ2v) is 5.75. The minimum atomic E-state index is -4.14. The van der Waals surface area contributed by atoms with Crippen LogP contribution >= 0.6 is 0 Å². The Balaban J connectivity index is 4.05. The fourth-order valence-electron chi connectivity index (χ4n) is 0.257. The molecule has 0 unspecified atom stereocenters. The van der Waals surface area contributed by atoms with E-state index in [0.717, 1.165) is 6.26 Å². The van der Waals surface area contributed by atoms with E-state index in [-0.39, 0.29) is 0 Å². The van der Waals surface area contributed by atoms with Gasteiger partial charge in [0.2, 0.25) is 9.97 Å². The molecule has 1 N–H and O–H groups in total. The highest BCUT2D eigenvalue weighted by molar-refractivity contribution is 8.13. The molecule has 0 fully saturated rings. The summed E-state index contributed by atoms with van der Waals surface area (Å²) in [7, 11) is -7.43. The van der Waals surface area contributed by atoms with Crippen LogP contribution in [0.5, 0.6) is 0 Å². The number of hydrogen-bond acceptors (Lipinski definition) is 4. The highest BCUT2D eigenvalue weighted by atomic mass is 32.2. The maximum Gasteiger partial charge on any atom is 0.324 e. The minimum Gasteiger partial charge on any atom is -0.295 e. The normalized spacial score (nSPS) is 13.0. The van der Waals surface area contributed by atoms with Gasteiger partial charge in [-0.3, -0.25) is 4.55 Å². The number of hydrogen-bond donors (Lipinski definition) is 1. The molecule has 0 aromatic rings. The minimum absolute atomic E-state index is 0.536. The van der Waals surface area contributed by atoms with Crippen molar-refractivity contribution in [2.24, 2.45) is 0 Å². The lowest BCUT2D eigenvalue weighted by atomic mass is 10.2. The molecule has 0 saturated carbocycles. The van der Waals surface area contributed by atoms with E-state index in [1.165, 1.54) is 0 Å². The summed E-state index contributed by atoms with van der Waals surface area (Å²) in [4.78, 5) is 0. The van der Waals surface area contributed by atoms with Gasteiger partial charge < -0.3 is 0 Å². The van der Waals surface area contributed by atoms with Crippen molar-refractivity contribution >= 4 is 26.4 Å². The Morgan fingerprint density at radius 1 is 1.30 bits per heavy atom. The first-order valence-electron chi connectivity index (χ1n) is 2.33. The van der Waals surface area contributed by atoms with Crippen LogP contribution in [-0.2, 0) is 19.8 Å². The molecular weight excluding hydrogens is 179 g/mol. The van der Waals surface area contributed by atoms with Crippen molar-refractivity contribution in [1.82, 2.24) is 0 Å². The Morgan fingerprint density at radius 3 is 1.80 bits per heavy atom. The van der Waals surface area contributed by atoms with E-state index in [0.29, 0.717) is 0 Å². The van der Waals surface area contributed by atoms with E-state index in [4.69, 9.17) is 4.55 Å². The third-order valence-electron chi connectivity index (χ3n) is 0.712. The predicted molar refractivity (Wildman–Crippen MR) is 38.4 cm³/mol. The molecule has 0 aliphatic carbocycles. The van der Waals surface area contributed by atoms with Gasteiger partial charge in [0.15, 0.2) is 0 Å². The zero-order valence-electron chi connectivity index (χ0n) is 5.31. The van der Waals surface area contributed by atoms with Gasteiger partial charge in [-0.05, 0) is 0 Å². The smallest absolute Gasteiger partial charge is 0.295 e. The lowest BCUT2D eigenvalue weighted by Gasteiger charge is -1.91. The molecule has 0 aromatic heterocycles. The van der Waals surface area contributed by atoms with Gasteiger partial charge in [0.1, 0.15) is 9.84 Å². The lowest BCUT2D eigenvalue weighted by Crippen LogP contribution is -2.18. The highest BCUT2D eigenvalue weighted by Crippen LogP contribution is 1.84. The molecule has 0 aliphatic rings. The van der Waals surface area contributed by atoms with Crippen LogP contribution in [-0.4, -0.2) is 39.9 Å². The maximum absolute atomic E-state index is 10.3. The molecule has 8 heteroatoms. The second-order valence-electron chi connectivity index (χ2n) is 1.92. The van der Waals surface area contributed by atoms with Crippen LogP contribution in [0.15, 0.2) is 0 Å². The molecule has 0 aliphatic heterocycles. The topological polar surface area (TPSA) is 88.5 Å². The van der Waals surface area contributed by atoms with Crippen LogP contribution in [0.4, 0.5) is 0 Å². The van der Waals surface area contributed by atoms with E-state index in [2.05, 4.69) is 0 Å². The lowest BCUT2D eigenvalue weighted by molar-refractivity contribution is 0.500. The summed E-state index contributed by atoms with van der Waals surface area (Å²) >= 11 is 0. The van der Waals surface area contributed by atoms with Crippen molar-refractivity contribution in [3.8, 4) is 0 Å². The van der Waals surface area contributed by atoms with Gasteiger partial charge in [0, 0.05) is 11.9 Å². The van der Waals surface area contributed by atoms with Crippen LogP contribution in [0.1, 0.15) is 0 Å². The van der Waals surface area contributed by atoms with Gasteiger partial charge in [0.25, 0.3) is 0 Å². The van der Waals surface area contributed by atoms with Crippen LogP contribution in [0.25, 0.3) is 0 Å². The summed E-state index contributed by atoms with van der Waals surface area (Å²) in [6.07, 6.45) is 0.901. The third-order valence-corrected chi connectivity index (χ3v) is 2.64. The summed E-state index contributed by atoms with van der Waals surface area (Å²) < 4.78 is 48.6. The number of rotatable bonds is 3. The fraction of sp³-hybridized carbons (Fsp3) is 1.00. The van der Waals surface area contributed by atoms with Gasteiger partial charge in [-0.25, -0.2) is 16.8 Å². The standard InChI is InChI=1S/C2H7BO5S2/c1-9(4,5)2-3-10(6,7)8/h3H,2H2,1H3,(H,6,7,8). The van der Waals surface area contributed by atoms with Crippen molar-refractivity contribution in [1.29, 1.82) is 0 Å². The monoisotopic (exact) mass is 186 g/mol. The molecule has 0 atom stereocenters. The zero-order chi connectivity index (χ0) is 8.41. The first-order chi connectivity index (χ1) is 4.21. The third kappa shape index (κ3) is 7.92. The molecule has 0 bridgehead atoms. The second kappa shape index (κ2) is 2.89. The van der Waals surface area contributed by atoms with Crippen molar-refractivity contribution < 1.29 is 21.4 Å². The van der Waals surface area contributed by atoms with Crippen molar-refractivity contribution in [2.45, 2.75) is 0 Å². The zero-order valence-corrected chi connectivity index (χ0v) is 6.94. The van der Waals surface area contributed by atoms with E-state index >= 15 is 0 Å². The molecule has 0 aromatic carbocycles. The molecule has 0 saturated heterocycles. The van der Waals surface area contributed by atoms with Gasteiger partial charge in [-0.1, -0.05) is 0 Å². The molecule has 0 radical (unpaired) electrons. The summed E-state index contributed by atoms with van der Waals surface area (Å²) in [5, 5.41) is 0. The fourth-order valence-corrected chi connectivity index (χ4v) is 2.31. The van der Waals surface area contributed by atoms with Gasteiger partial charge in [-0.2, -0.15) is 0 Å². The Bertz CT molecular complexity index is 254. The summed E-state index contributed by atoms with van der Waals surface area (Å²) in [5.74, 6) is 0. The maximum atomic E-state index is 10.3. The van der Waals surface area contributed by atoms with Gasteiger partial charge in [-0.15, -0.1) is 0 Å². The van der Waals surface area contributed by atoms with E-state index < -0.39 is 32.0 Å². The average molecular weight is 186 g/mol.